The number of aryl methyl sites for hydroxylation is 2. The summed E-state index contributed by atoms with van der Waals surface area (Å²) in [5.74, 6) is 2.38. The maximum Gasteiger partial charge on any atom is 0.138 e. The predicted molar refractivity (Wildman–Crippen MR) is 214 cm³/mol. The molecule has 3 aromatic carbocycles. The second-order valence-electron chi connectivity index (χ2n) is 12.0. The van der Waals surface area contributed by atoms with Gasteiger partial charge in [-0.25, -0.2) is 19.9 Å². The summed E-state index contributed by atoms with van der Waals surface area (Å²) in [6.07, 6.45) is 13.1. The van der Waals surface area contributed by atoms with Gasteiger partial charge in [-0.05, 0) is 110 Å². The zero-order chi connectivity index (χ0) is 35.6. The number of aromatic nitrogens is 3. The molecule has 6 rings (SSSR count). The molecule has 0 unspecified atom stereocenters. The smallest absolute Gasteiger partial charge is 0.138 e. The monoisotopic (exact) mass is 664 g/mol. The lowest BCUT2D eigenvalue weighted by Gasteiger charge is -2.25. The van der Waals surface area contributed by atoms with Crippen molar-refractivity contribution in [3.63, 3.8) is 0 Å². The van der Waals surface area contributed by atoms with Gasteiger partial charge in [0.05, 0.1) is 11.4 Å². The molecule has 3 aromatic heterocycles. The third-order valence-corrected chi connectivity index (χ3v) is 8.33. The van der Waals surface area contributed by atoms with Crippen LogP contribution in [0.1, 0.15) is 29.2 Å². The van der Waals surface area contributed by atoms with Gasteiger partial charge in [-0.15, -0.1) is 0 Å². The van der Waals surface area contributed by atoms with Gasteiger partial charge < -0.3 is 0 Å². The van der Waals surface area contributed by atoms with Gasteiger partial charge >= 0.3 is 0 Å². The van der Waals surface area contributed by atoms with E-state index >= 15 is 0 Å². The van der Waals surface area contributed by atoms with Crippen molar-refractivity contribution < 1.29 is 0 Å². The third kappa shape index (κ3) is 8.15. The van der Waals surface area contributed by atoms with Crippen LogP contribution in [0.4, 0.5) is 34.5 Å². The lowest BCUT2D eigenvalue weighted by atomic mass is 9.96. The van der Waals surface area contributed by atoms with Crippen LogP contribution in [0.25, 0.3) is 5.57 Å². The number of hydrogen-bond donors (Lipinski definition) is 0. The van der Waals surface area contributed by atoms with E-state index in [0.717, 1.165) is 73.8 Å². The first-order chi connectivity index (χ1) is 24.9. The molecule has 51 heavy (non-hydrogen) atoms. The fourth-order valence-electron chi connectivity index (χ4n) is 5.69. The molecule has 0 radical (unpaired) electrons. The summed E-state index contributed by atoms with van der Waals surface area (Å²) in [5, 5.41) is 0. The van der Waals surface area contributed by atoms with Crippen molar-refractivity contribution in [2.45, 2.75) is 20.8 Å². The molecule has 0 spiro atoms. The molecular formula is C45H40N6. The van der Waals surface area contributed by atoms with E-state index in [-0.39, 0.29) is 0 Å². The Balaban J connectivity index is 1.39. The molecule has 0 saturated heterocycles. The van der Waals surface area contributed by atoms with Crippen molar-refractivity contribution in [2.24, 2.45) is 4.99 Å². The molecule has 0 atom stereocenters. The van der Waals surface area contributed by atoms with E-state index in [4.69, 9.17) is 4.99 Å². The van der Waals surface area contributed by atoms with E-state index in [1.54, 1.807) is 24.7 Å². The quantitative estimate of drug-likeness (QED) is 0.0962. The Labute approximate surface area is 300 Å². The van der Waals surface area contributed by atoms with E-state index < -0.39 is 0 Å². The summed E-state index contributed by atoms with van der Waals surface area (Å²) in [4.78, 5) is 23.3. The molecule has 6 heteroatoms. The van der Waals surface area contributed by atoms with E-state index in [1.807, 2.05) is 77.7 Å². The number of hydrogen-bond acceptors (Lipinski definition) is 6. The molecule has 6 nitrogen and oxygen atoms in total. The highest BCUT2D eigenvalue weighted by Gasteiger charge is 2.18. The minimum absolute atomic E-state index is 0.777. The maximum atomic E-state index is 5.27. The molecule has 0 bridgehead atoms. The van der Waals surface area contributed by atoms with Gasteiger partial charge in [0.25, 0.3) is 0 Å². The van der Waals surface area contributed by atoms with Crippen LogP contribution in [-0.4, -0.2) is 20.7 Å². The van der Waals surface area contributed by atoms with Crippen LogP contribution in [-0.2, 0) is 0 Å². The topological polar surface area (TPSA) is 57.5 Å². The number of aliphatic imine (C=N–C) groups is 1. The van der Waals surface area contributed by atoms with Crippen LogP contribution >= 0.6 is 0 Å². The average Bonchev–Trinajstić information content (AvgIpc) is 3.17. The number of benzene rings is 3. The Morgan fingerprint density at radius 3 is 1.78 bits per heavy atom. The number of allylic oxidation sites excluding steroid dienone is 6. The summed E-state index contributed by atoms with van der Waals surface area (Å²) >= 11 is 0. The molecule has 0 amide bonds. The summed E-state index contributed by atoms with van der Waals surface area (Å²) in [6.45, 7) is 14.6. The molecule has 250 valence electrons. The second kappa shape index (κ2) is 16.2. The third-order valence-electron chi connectivity index (χ3n) is 8.33. The molecule has 0 N–H and O–H groups in total. The Kier molecular flexibility index (Phi) is 10.8. The van der Waals surface area contributed by atoms with Crippen molar-refractivity contribution in [1.82, 2.24) is 15.0 Å². The first kappa shape index (κ1) is 34.2. The highest BCUT2D eigenvalue weighted by atomic mass is 15.2. The first-order valence-corrected chi connectivity index (χ1v) is 16.8. The van der Waals surface area contributed by atoms with Gasteiger partial charge in [-0.3, -0.25) is 9.80 Å². The Hall–Kier alpha value is -6.66. The first-order valence-electron chi connectivity index (χ1n) is 16.8. The molecule has 0 aliphatic rings. The number of nitrogens with zero attached hydrogens (tertiary/aromatic N) is 6. The molecule has 6 aromatic rings. The van der Waals surface area contributed by atoms with Crippen LogP contribution in [0.15, 0.2) is 188 Å². The lowest BCUT2D eigenvalue weighted by molar-refractivity contribution is 1.10. The summed E-state index contributed by atoms with van der Waals surface area (Å²) in [5.41, 5.74) is 9.57. The fraction of sp³-hybridized carbons (Fsp3) is 0.0667. The van der Waals surface area contributed by atoms with Gasteiger partial charge in [0, 0.05) is 46.8 Å². The van der Waals surface area contributed by atoms with Gasteiger partial charge in [-0.2, -0.15) is 0 Å². The SMILES string of the molecule is C=C/C=C\C=C(/C)N(c1ccc(C(=C)C(=Nc2cc(C)ccc2C)c2ccc(N(c3ccccn3)c3ccccn3)cc2)cc1)c1ccccn1. The summed E-state index contributed by atoms with van der Waals surface area (Å²) in [6, 6.07) is 40.7. The van der Waals surface area contributed by atoms with Gasteiger partial charge in [0.15, 0.2) is 0 Å². The van der Waals surface area contributed by atoms with Crippen molar-refractivity contribution in [3.8, 4) is 0 Å². The fourth-order valence-corrected chi connectivity index (χ4v) is 5.69. The average molecular weight is 665 g/mol. The van der Waals surface area contributed by atoms with Crippen LogP contribution in [0.2, 0.25) is 0 Å². The zero-order valence-corrected chi connectivity index (χ0v) is 29.2. The van der Waals surface area contributed by atoms with E-state index in [0.29, 0.717) is 0 Å². The number of anilines is 5. The van der Waals surface area contributed by atoms with Crippen molar-refractivity contribution >= 4 is 45.8 Å². The lowest BCUT2D eigenvalue weighted by Crippen LogP contribution is -2.15. The molecular weight excluding hydrogens is 625 g/mol. The van der Waals surface area contributed by atoms with Gasteiger partial charge in [0.1, 0.15) is 17.5 Å². The Morgan fingerprint density at radius 2 is 1.22 bits per heavy atom. The zero-order valence-electron chi connectivity index (χ0n) is 29.2. The Morgan fingerprint density at radius 1 is 0.647 bits per heavy atom. The van der Waals surface area contributed by atoms with Crippen LogP contribution in [0.3, 0.4) is 0 Å². The minimum atomic E-state index is 0.777. The largest absolute Gasteiger partial charge is 0.299 e. The minimum Gasteiger partial charge on any atom is -0.299 e. The molecule has 0 aliphatic carbocycles. The number of rotatable bonds is 12. The van der Waals surface area contributed by atoms with Crippen molar-refractivity contribution in [3.05, 3.63) is 205 Å². The highest BCUT2D eigenvalue weighted by molar-refractivity contribution is 6.32. The van der Waals surface area contributed by atoms with E-state index in [9.17, 15) is 0 Å². The summed E-state index contributed by atoms with van der Waals surface area (Å²) < 4.78 is 0. The second-order valence-corrected chi connectivity index (χ2v) is 12.0. The Bertz CT molecular complexity index is 2150. The maximum absolute atomic E-state index is 5.27. The molecule has 0 saturated carbocycles. The normalized spacial score (nSPS) is 11.7. The molecule has 3 heterocycles. The highest BCUT2D eigenvalue weighted by Crippen LogP contribution is 2.34. The summed E-state index contributed by atoms with van der Waals surface area (Å²) in [7, 11) is 0. The van der Waals surface area contributed by atoms with Crippen molar-refractivity contribution in [1.29, 1.82) is 0 Å². The van der Waals surface area contributed by atoms with Gasteiger partial charge in [0.2, 0.25) is 0 Å². The van der Waals surface area contributed by atoms with E-state index in [1.165, 1.54) is 0 Å². The number of pyridine rings is 3. The van der Waals surface area contributed by atoms with Crippen molar-refractivity contribution in [2.75, 3.05) is 9.80 Å². The van der Waals surface area contributed by atoms with Crippen LogP contribution in [0, 0.1) is 13.8 Å². The standard InChI is InChI=1S/C45H40N6/c1-6-7-8-15-35(4)50(42-16-9-12-29-46-42)39-25-21-37(22-26-39)36(5)45(49-41-32-33(2)19-20-34(41)3)38-23-27-40(28-24-38)51(43-17-10-13-30-47-43)44-18-11-14-31-48-44/h6-32H,1,5H2,2-4H3/b8-7-,35-15+,49-45?. The van der Waals surface area contributed by atoms with Crippen LogP contribution in [0.5, 0.6) is 0 Å². The van der Waals surface area contributed by atoms with Crippen LogP contribution < -0.4 is 9.80 Å². The predicted octanol–water partition coefficient (Wildman–Crippen LogP) is 11.6. The molecule has 0 aliphatic heterocycles. The van der Waals surface area contributed by atoms with Gasteiger partial charge in [-0.1, -0.05) is 86.0 Å². The van der Waals surface area contributed by atoms with E-state index in [2.05, 4.69) is 121 Å². The molecule has 0 fully saturated rings.